The van der Waals surface area contributed by atoms with Crippen molar-refractivity contribution in [2.75, 3.05) is 0 Å². The summed E-state index contributed by atoms with van der Waals surface area (Å²) in [4.78, 5) is 4.49. The highest BCUT2D eigenvalue weighted by atomic mass is 35.5. The van der Waals surface area contributed by atoms with Crippen molar-refractivity contribution in [2.45, 2.75) is 6.92 Å². The minimum atomic E-state index is 0.601. The molecule has 3 aromatic rings. The third-order valence-electron chi connectivity index (χ3n) is 2.72. The van der Waals surface area contributed by atoms with E-state index in [0.717, 1.165) is 22.5 Å². The SMILES string of the molecule is Cc1nc2ccnn2c(Cl)c1-c1ccccc1. The number of rotatable bonds is 1. The van der Waals surface area contributed by atoms with E-state index >= 15 is 0 Å². The Kier molecular flexibility index (Phi) is 2.34. The fraction of sp³-hybridized carbons (Fsp3) is 0.0769. The quantitative estimate of drug-likeness (QED) is 0.614. The van der Waals surface area contributed by atoms with Crippen molar-refractivity contribution in [1.82, 2.24) is 14.6 Å². The molecule has 0 atom stereocenters. The van der Waals surface area contributed by atoms with Gasteiger partial charge >= 0.3 is 0 Å². The zero-order valence-electron chi connectivity index (χ0n) is 9.26. The summed E-state index contributed by atoms with van der Waals surface area (Å²) in [6.45, 7) is 1.96. The maximum Gasteiger partial charge on any atom is 0.156 e. The normalized spacial score (nSPS) is 10.9. The summed E-state index contributed by atoms with van der Waals surface area (Å²) >= 11 is 6.38. The molecule has 0 saturated heterocycles. The second-order valence-corrected chi connectivity index (χ2v) is 4.19. The molecule has 84 valence electrons. The lowest BCUT2D eigenvalue weighted by Gasteiger charge is -2.09. The molecule has 0 fully saturated rings. The van der Waals surface area contributed by atoms with Crippen LogP contribution in [0.3, 0.4) is 0 Å². The van der Waals surface area contributed by atoms with Crippen LogP contribution in [0, 0.1) is 6.92 Å². The Morgan fingerprint density at radius 2 is 1.88 bits per heavy atom. The monoisotopic (exact) mass is 243 g/mol. The van der Waals surface area contributed by atoms with Crippen LogP contribution in [0.2, 0.25) is 5.15 Å². The van der Waals surface area contributed by atoms with Gasteiger partial charge in [-0.2, -0.15) is 5.10 Å². The number of aryl methyl sites for hydroxylation is 1. The van der Waals surface area contributed by atoms with E-state index in [1.807, 2.05) is 43.3 Å². The third kappa shape index (κ3) is 1.59. The molecule has 0 saturated carbocycles. The summed E-state index contributed by atoms with van der Waals surface area (Å²) in [6, 6.07) is 11.8. The van der Waals surface area contributed by atoms with Crippen LogP contribution >= 0.6 is 11.6 Å². The number of nitrogens with zero attached hydrogens (tertiary/aromatic N) is 3. The second kappa shape index (κ2) is 3.86. The summed E-state index contributed by atoms with van der Waals surface area (Å²) in [5.41, 5.74) is 3.67. The Hall–Kier alpha value is -1.87. The Balaban J connectivity index is 2.36. The maximum absolute atomic E-state index is 6.38. The molecule has 3 rings (SSSR count). The molecule has 1 aromatic carbocycles. The molecule has 0 aliphatic carbocycles. The molecule has 0 radical (unpaired) electrons. The lowest BCUT2D eigenvalue weighted by Crippen LogP contribution is -1.98. The number of benzene rings is 1. The summed E-state index contributed by atoms with van der Waals surface area (Å²) in [7, 11) is 0. The van der Waals surface area contributed by atoms with E-state index in [0.29, 0.717) is 5.15 Å². The molecule has 4 heteroatoms. The van der Waals surface area contributed by atoms with Crippen molar-refractivity contribution in [3.63, 3.8) is 0 Å². The van der Waals surface area contributed by atoms with E-state index in [1.54, 1.807) is 10.7 Å². The molecular formula is C13H10ClN3. The molecule has 17 heavy (non-hydrogen) atoms. The fourth-order valence-corrected chi connectivity index (χ4v) is 2.32. The van der Waals surface area contributed by atoms with Gasteiger partial charge in [-0.05, 0) is 12.5 Å². The van der Waals surface area contributed by atoms with Crippen molar-refractivity contribution in [2.24, 2.45) is 0 Å². The molecule has 0 amide bonds. The number of hydrogen-bond acceptors (Lipinski definition) is 2. The van der Waals surface area contributed by atoms with Gasteiger partial charge in [-0.1, -0.05) is 41.9 Å². The van der Waals surface area contributed by atoms with Crippen LogP contribution in [0.15, 0.2) is 42.6 Å². The van der Waals surface area contributed by atoms with E-state index in [9.17, 15) is 0 Å². The summed E-state index contributed by atoms with van der Waals surface area (Å²) in [6.07, 6.45) is 1.70. The number of aromatic nitrogens is 3. The third-order valence-corrected chi connectivity index (χ3v) is 3.07. The van der Waals surface area contributed by atoms with Gasteiger partial charge in [0.05, 0.1) is 11.9 Å². The zero-order valence-corrected chi connectivity index (χ0v) is 10.0. The van der Waals surface area contributed by atoms with Crippen molar-refractivity contribution >= 4 is 17.2 Å². The first-order chi connectivity index (χ1) is 8.27. The predicted molar refractivity (Wildman–Crippen MR) is 68.2 cm³/mol. The highest BCUT2D eigenvalue weighted by molar-refractivity contribution is 6.32. The highest BCUT2D eigenvalue weighted by Gasteiger charge is 2.12. The van der Waals surface area contributed by atoms with Crippen LogP contribution in [0.4, 0.5) is 0 Å². The van der Waals surface area contributed by atoms with Gasteiger partial charge in [0.15, 0.2) is 5.65 Å². The van der Waals surface area contributed by atoms with Crippen molar-refractivity contribution in [1.29, 1.82) is 0 Å². The minimum Gasteiger partial charge on any atom is -0.233 e. The van der Waals surface area contributed by atoms with Gasteiger partial charge in [0.2, 0.25) is 0 Å². The number of hydrogen-bond donors (Lipinski definition) is 0. The zero-order chi connectivity index (χ0) is 11.8. The first-order valence-electron chi connectivity index (χ1n) is 5.32. The van der Waals surface area contributed by atoms with Crippen LogP contribution in [-0.4, -0.2) is 14.6 Å². The Labute approximate surface area is 104 Å². The largest absolute Gasteiger partial charge is 0.233 e. The molecule has 0 N–H and O–H groups in total. The summed E-state index contributed by atoms with van der Waals surface area (Å²) < 4.78 is 1.65. The topological polar surface area (TPSA) is 30.2 Å². The fourth-order valence-electron chi connectivity index (χ4n) is 1.95. The highest BCUT2D eigenvalue weighted by Crippen LogP contribution is 2.30. The number of fused-ring (bicyclic) bond motifs is 1. The number of halogens is 1. The van der Waals surface area contributed by atoms with Crippen LogP contribution in [0.5, 0.6) is 0 Å². The van der Waals surface area contributed by atoms with Gasteiger partial charge in [0, 0.05) is 11.6 Å². The van der Waals surface area contributed by atoms with E-state index in [2.05, 4.69) is 10.1 Å². The van der Waals surface area contributed by atoms with Gasteiger partial charge in [-0.25, -0.2) is 9.50 Å². The molecule has 0 spiro atoms. The smallest absolute Gasteiger partial charge is 0.156 e. The first-order valence-corrected chi connectivity index (χ1v) is 5.70. The lowest BCUT2D eigenvalue weighted by atomic mass is 10.1. The standard InChI is InChI=1S/C13H10ClN3/c1-9-12(10-5-3-2-4-6-10)13(14)17-11(16-9)7-8-15-17/h2-8H,1H3. The van der Waals surface area contributed by atoms with Crippen molar-refractivity contribution in [3.8, 4) is 11.1 Å². The lowest BCUT2D eigenvalue weighted by molar-refractivity contribution is 0.933. The van der Waals surface area contributed by atoms with Crippen LogP contribution in [0.1, 0.15) is 5.69 Å². The van der Waals surface area contributed by atoms with E-state index in [1.165, 1.54) is 0 Å². The van der Waals surface area contributed by atoms with E-state index in [-0.39, 0.29) is 0 Å². The molecular weight excluding hydrogens is 234 g/mol. The van der Waals surface area contributed by atoms with E-state index in [4.69, 9.17) is 11.6 Å². The van der Waals surface area contributed by atoms with Gasteiger partial charge in [0.25, 0.3) is 0 Å². The Morgan fingerprint density at radius 3 is 2.65 bits per heavy atom. The first kappa shape index (κ1) is 10.3. The van der Waals surface area contributed by atoms with E-state index < -0.39 is 0 Å². The minimum absolute atomic E-state index is 0.601. The van der Waals surface area contributed by atoms with Gasteiger partial charge in [-0.15, -0.1) is 0 Å². The van der Waals surface area contributed by atoms with Crippen LogP contribution in [-0.2, 0) is 0 Å². The molecule has 0 unspecified atom stereocenters. The van der Waals surface area contributed by atoms with Crippen LogP contribution in [0.25, 0.3) is 16.8 Å². The Morgan fingerprint density at radius 1 is 1.12 bits per heavy atom. The molecule has 2 heterocycles. The summed E-state index contributed by atoms with van der Waals surface area (Å²) in [5.74, 6) is 0. The molecule has 2 aromatic heterocycles. The predicted octanol–water partition coefficient (Wildman–Crippen LogP) is 3.36. The maximum atomic E-state index is 6.38. The molecule has 0 bridgehead atoms. The molecule has 3 nitrogen and oxygen atoms in total. The van der Waals surface area contributed by atoms with Crippen molar-refractivity contribution < 1.29 is 0 Å². The summed E-state index contributed by atoms with van der Waals surface area (Å²) in [5, 5.41) is 4.77. The average Bonchev–Trinajstić information content (AvgIpc) is 2.78. The van der Waals surface area contributed by atoms with Crippen LogP contribution < -0.4 is 0 Å². The second-order valence-electron chi connectivity index (χ2n) is 3.83. The van der Waals surface area contributed by atoms with Crippen molar-refractivity contribution in [3.05, 3.63) is 53.4 Å². The van der Waals surface area contributed by atoms with Gasteiger partial charge < -0.3 is 0 Å². The molecule has 0 aliphatic heterocycles. The van der Waals surface area contributed by atoms with Gasteiger partial charge in [-0.3, -0.25) is 0 Å². The Bertz CT molecular complexity index is 674. The molecule has 0 aliphatic rings. The average molecular weight is 244 g/mol. The van der Waals surface area contributed by atoms with Gasteiger partial charge in [0.1, 0.15) is 5.15 Å².